The van der Waals surface area contributed by atoms with E-state index < -0.39 is 11.7 Å². The quantitative estimate of drug-likeness (QED) is 0.931. The van der Waals surface area contributed by atoms with E-state index in [1.165, 1.54) is 12.1 Å². The van der Waals surface area contributed by atoms with Gasteiger partial charge in [-0.05, 0) is 37.6 Å². The molecule has 0 amide bonds. The minimum Gasteiger partial charge on any atom is -0.475 e. The van der Waals surface area contributed by atoms with Gasteiger partial charge >= 0.3 is 6.18 Å². The van der Waals surface area contributed by atoms with Crippen LogP contribution in [0.4, 0.5) is 13.2 Å². The number of hydrogen-bond acceptors (Lipinski definition) is 3. The lowest BCUT2D eigenvalue weighted by molar-refractivity contribution is -0.138. The van der Waals surface area contributed by atoms with Crippen molar-refractivity contribution in [2.45, 2.75) is 31.5 Å². The molecule has 2 aliphatic rings. The van der Waals surface area contributed by atoms with Crippen molar-refractivity contribution in [1.82, 2.24) is 5.32 Å². The summed E-state index contributed by atoms with van der Waals surface area (Å²) in [5, 5.41) is 3.28. The number of halogens is 3. The first-order chi connectivity index (χ1) is 10.5. The number of hydrogen-bond donors (Lipinski definition) is 1. The largest absolute Gasteiger partial charge is 0.475 e. The molecule has 2 heterocycles. The lowest BCUT2D eigenvalue weighted by atomic mass is 9.98. The molecule has 2 aliphatic heterocycles. The maximum Gasteiger partial charge on any atom is 0.416 e. The van der Waals surface area contributed by atoms with Gasteiger partial charge in [-0.25, -0.2) is 0 Å². The fourth-order valence-electron chi connectivity index (χ4n) is 3.06. The maximum absolute atomic E-state index is 13.0. The molecule has 0 spiro atoms. The van der Waals surface area contributed by atoms with E-state index in [9.17, 15) is 13.2 Å². The van der Waals surface area contributed by atoms with Gasteiger partial charge in [0.2, 0.25) is 0 Å². The van der Waals surface area contributed by atoms with Crippen molar-refractivity contribution in [1.29, 1.82) is 0 Å². The number of alkyl halides is 3. The molecule has 1 aromatic carbocycles. The van der Waals surface area contributed by atoms with Gasteiger partial charge in [-0.15, -0.1) is 0 Å². The molecule has 22 heavy (non-hydrogen) atoms. The average Bonchev–Trinajstić information content (AvgIpc) is 2.96. The van der Waals surface area contributed by atoms with Gasteiger partial charge in [0.25, 0.3) is 0 Å². The zero-order valence-electron chi connectivity index (χ0n) is 12.2. The Bertz CT molecular complexity index is 551. The van der Waals surface area contributed by atoms with Gasteiger partial charge in [0, 0.05) is 12.3 Å². The third-order valence-corrected chi connectivity index (χ3v) is 4.20. The fraction of sp³-hybridized carbons (Fsp3) is 0.562. The Morgan fingerprint density at radius 2 is 1.91 bits per heavy atom. The number of rotatable bonds is 3. The van der Waals surface area contributed by atoms with Gasteiger partial charge in [0.05, 0.1) is 12.1 Å². The van der Waals surface area contributed by atoms with Crippen molar-refractivity contribution in [3.8, 4) is 0 Å². The molecule has 0 radical (unpaired) electrons. The summed E-state index contributed by atoms with van der Waals surface area (Å²) < 4.78 is 44.9. The van der Waals surface area contributed by atoms with Gasteiger partial charge in [-0.2, -0.15) is 13.2 Å². The molecule has 1 unspecified atom stereocenters. The van der Waals surface area contributed by atoms with Crippen molar-refractivity contribution in [3.05, 3.63) is 35.4 Å². The molecule has 1 atom stereocenters. The Balaban J connectivity index is 1.64. The van der Waals surface area contributed by atoms with E-state index >= 15 is 0 Å². The van der Waals surface area contributed by atoms with Crippen molar-refractivity contribution < 1.29 is 17.9 Å². The molecule has 6 heteroatoms. The van der Waals surface area contributed by atoms with Crippen LogP contribution in [-0.4, -0.2) is 31.6 Å². The summed E-state index contributed by atoms with van der Waals surface area (Å²) in [6.07, 6.45) is -2.41. The molecular formula is C16H19F3N2O. The molecule has 120 valence electrons. The van der Waals surface area contributed by atoms with Crippen LogP contribution in [0.25, 0.3) is 0 Å². The summed E-state index contributed by atoms with van der Waals surface area (Å²) in [5.74, 6) is 1.04. The molecule has 1 N–H and O–H groups in total. The Morgan fingerprint density at radius 1 is 1.18 bits per heavy atom. The number of ether oxygens (including phenoxy) is 1. The second-order valence-electron chi connectivity index (χ2n) is 5.80. The number of aliphatic imine (C=N–C) groups is 1. The lowest BCUT2D eigenvalue weighted by Gasteiger charge is -2.23. The summed E-state index contributed by atoms with van der Waals surface area (Å²) in [4.78, 5) is 4.41. The highest BCUT2D eigenvalue weighted by Gasteiger charge is 2.34. The van der Waals surface area contributed by atoms with Gasteiger partial charge in [-0.3, -0.25) is 4.99 Å². The van der Waals surface area contributed by atoms with E-state index in [0.717, 1.165) is 37.9 Å². The van der Waals surface area contributed by atoms with E-state index in [2.05, 4.69) is 10.3 Å². The van der Waals surface area contributed by atoms with E-state index in [4.69, 9.17) is 4.74 Å². The summed E-state index contributed by atoms with van der Waals surface area (Å²) in [7, 11) is 0. The highest BCUT2D eigenvalue weighted by Crippen LogP contribution is 2.33. The predicted octanol–water partition coefficient (Wildman–Crippen LogP) is 3.04. The van der Waals surface area contributed by atoms with Crippen molar-refractivity contribution in [3.63, 3.8) is 0 Å². The second-order valence-corrected chi connectivity index (χ2v) is 5.80. The topological polar surface area (TPSA) is 33.6 Å². The molecule has 3 nitrogen and oxygen atoms in total. The first-order valence-electron chi connectivity index (χ1n) is 7.61. The fourth-order valence-corrected chi connectivity index (χ4v) is 3.06. The first-order valence-corrected chi connectivity index (χ1v) is 7.61. The second kappa shape index (κ2) is 6.28. The highest BCUT2D eigenvalue weighted by molar-refractivity contribution is 5.80. The van der Waals surface area contributed by atoms with Gasteiger partial charge in [0.15, 0.2) is 5.90 Å². The monoisotopic (exact) mass is 312 g/mol. The maximum atomic E-state index is 13.0. The van der Waals surface area contributed by atoms with Crippen LogP contribution in [0, 0.1) is 5.92 Å². The van der Waals surface area contributed by atoms with Crippen LogP contribution >= 0.6 is 0 Å². The zero-order valence-corrected chi connectivity index (χ0v) is 12.2. The van der Waals surface area contributed by atoms with Gasteiger partial charge in [0.1, 0.15) is 6.10 Å². The Kier molecular flexibility index (Phi) is 4.38. The van der Waals surface area contributed by atoms with Crippen molar-refractivity contribution >= 4 is 5.90 Å². The first kappa shape index (κ1) is 15.3. The predicted molar refractivity (Wildman–Crippen MR) is 77.9 cm³/mol. The molecule has 0 aliphatic carbocycles. The molecule has 0 saturated carbocycles. The lowest BCUT2D eigenvalue weighted by Crippen LogP contribution is -2.32. The van der Waals surface area contributed by atoms with Crippen LogP contribution < -0.4 is 5.32 Å². The third-order valence-electron chi connectivity index (χ3n) is 4.20. The Hall–Kier alpha value is -1.56. The molecule has 1 fully saturated rings. The van der Waals surface area contributed by atoms with Crippen LogP contribution in [0.3, 0.4) is 0 Å². The van der Waals surface area contributed by atoms with E-state index in [0.29, 0.717) is 12.5 Å². The van der Waals surface area contributed by atoms with Crippen molar-refractivity contribution in [2.75, 3.05) is 19.6 Å². The zero-order chi connectivity index (χ0) is 15.6. The Morgan fingerprint density at radius 3 is 2.64 bits per heavy atom. The van der Waals surface area contributed by atoms with Gasteiger partial charge < -0.3 is 10.1 Å². The number of nitrogens with zero attached hydrogens (tertiary/aromatic N) is 1. The van der Waals surface area contributed by atoms with E-state index in [1.807, 2.05) is 0 Å². The molecule has 1 saturated heterocycles. The minimum absolute atomic E-state index is 0.244. The highest BCUT2D eigenvalue weighted by atomic mass is 19.4. The SMILES string of the molecule is FC(F)(F)c1ccccc1CC1CN=C(C2CCNCC2)O1. The van der Waals surface area contributed by atoms with Crippen LogP contribution in [-0.2, 0) is 17.3 Å². The van der Waals surface area contributed by atoms with Crippen molar-refractivity contribution in [2.24, 2.45) is 10.9 Å². The molecule has 0 aromatic heterocycles. The smallest absolute Gasteiger partial charge is 0.416 e. The number of piperidine rings is 1. The van der Waals surface area contributed by atoms with Crippen LogP contribution in [0.2, 0.25) is 0 Å². The molecular weight excluding hydrogens is 293 g/mol. The van der Waals surface area contributed by atoms with E-state index in [-0.39, 0.29) is 18.1 Å². The molecule has 0 bridgehead atoms. The number of nitrogens with one attached hydrogen (secondary N) is 1. The van der Waals surface area contributed by atoms with Crippen LogP contribution in [0.1, 0.15) is 24.0 Å². The number of benzene rings is 1. The van der Waals surface area contributed by atoms with E-state index in [1.54, 1.807) is 6.07 Å². The molecule has 3 rings (SSSR count). The molecule has 1 aromatic rings. The Labute approximate surface area is 127 Å². The van der Waals surface area contributed by atoms with Gasteiger partial charge in [-0.1, -0.05) is 18.2 Å². The average molecular weight is 312 g/mol. The summed E-state index contributed by atoms with van der Waals surface area (Å²) in [5.41, 5.74) is -0.296. The third kappa shape index (κ3) is 3.43. The van der Waals surface area contributed by atoms with Crippen LogP contribution in [0.15, 0.2) is 29.3 Å². The normalized spacial score (nSPS) is 23.2. The standard InChI is InChI=1S/C16H19F3N2O/c17-16(18,19)14-4-2-1-3-12(14)9-13-10-21-15(22-13)11-5-7-20-8-6-11/h1-4,11,13,20H,5-10H2. The summed E-state index contributed by atoms with van der Waals surface area (Å²) >= 11 is 0. The minimum atomic E-state index is -4.33. The summed E-state index contributed by atoms with van der Waals surface area (Å²) in [6.45, 7) is 2.33. The van der Waals surface area contributed by atoms with Crippen LogP contribution in [0.5, 0.6) is 0 Å². The summed E-state index contributed by atoms with van der Waals surface area (Å²) in [6, 6.07) is 5.69.